The summed E-state index contributed by atoms with van der Waals surface area (Å²) in [7, 11) is 0. The van der Waals surface area contributed by atoms with Crippen molar-refractivity contribution < 1.29 is 4.79 Å². The van der Waals surface area contributed by atoms with Crippen LogP contribution in [0.2, 0.25) is 0 Å². The third kappa shape index (κ3) is 3.00. The van der Waals surface area contributed by atoms with Crippen LogP contribution in [-0.4, -0.2) is 5.78 Å². The van der Waals surface area contributed by atoms with Gasteiger partial charge in [0.25, 0.3) is 0 Å². The lowest BCUT2D eigenvalue weighted by molar-refractivity contribution is 0.0877. The molecule has 0 fully saturated rings. The summed E-state index contributed by atoms with van der Waals surface area (Å²) < 4.78 is 0. The van der Waals surface area contributed by atoms with Crippen molar-refractivity contribution in [3.05, 3.63) is 131 Å². The van der Waals surface area contributed by atoms with E-state index in [0.717, 1.165) is 16.7 Å². The molecule has 0 bridgehead atoms. The van der Waals surface area contributed by atoms with Gasteiger partial charge in [0.1, 0.15) is 0 Å². The summed E-state index contributed by atoms with van der Waals surface area (Å²) in [4.78, 5) is 14.1. The van der Waals surface area contributed by atoms with Crippen LogP contribution in [0.4, 0.5) is 0 Å². The first kappa shape index (κ1) is 17.6. The molecule has 0 heterocycles. The molecule has 0 atom stereocenters. The van der Waals surface area contributed by atoms with Gasteiger partial charge in [-0.3, -0.25) is 4.79 Å². The lowest BCUT2D eigenvalue weighted by Gasteiger charge is -2.39. The summed E-state index contributed by atoms with van der Waals surface area (Å²) in [5, 5.41) is 0. The van der Waals surface area contributed by atoms with Crippen LogP contribution in [0, 0.1) is 0 Å². The standard InChI is InChI=1S/C28H22O/c29-27-25-17-8-7-15-23(25)24-16-9-10-18-26(24)28(27,19-21-11-3-1-4-12-21)20-22-13-5-2-6-14-22/h1-18H,19-20H2. The fraction of sp³-hybridized carbons (Fsp3) is 0.107. The molecule has 0 amide bonds. The van der Waals surface area contributed by atoms with Crippen molar-refractivity contribution >= 4 is 5.78 Å². The minimum Gasteiger partial charge on any atom is -0.293 e. The number of carbonyl (C=O) groups excluding carboxylic acids is 1. The van der Waals surface area contributed by atoms with E-state index in [-0.39, 0.29) is 5.78 Å². The molecule has 0 radical (unpaired) electrons. The minimum absolute atomic E-state index is 0.222. The maximum atomic E-state index is 14.1. The average molecular weight is 374 g/mol. The van der Waals surface area contributed by atoms with E-state index in [9.17, 15) is 4.79 Å². The number of fused-ring (bicyclic) bond motifs is 3. The normalized spacial score (nSPS) is 14.1. The van der Waals surface area contributed by atoms with Crippen LogP contribution in [0.5, 0.6) is 0 Å². The van der Waals surface area contributed by atoms with Crippen molar-refractivity contribution in [3.63, 3.8) is 0 Å². The molecule has 140 valence electrons. The first-order valence-electron chi connectivity index (χ1n) is 10.1. The topological polar surface area (TPSA) is 17.1 Å². The minimum atomic E-state index is -0.617. The molecule has 0 spiro atoms. The quantitative estimate of drug-likeness (QED) is 0.411. The Hall–Kier alpha value is -3.45. The van der Waals surface area contributed by atoms with Crippen LogP contribution in [0.3, 0.4) is 0 Å². The third-order valence-electron chi connectivity index (χ3n) is 6.04. The maximum Gasteiger partial charge on any atom is 0.174 e. The molecule has 1 nitrogen and oxygen atoms in total. The summed E-state index contributed by atoms with van der Waals surface area (Å²) in [5.74, 6) is 0.222. The van der Waals surface area contributed by atoms with Gasteiger partial charge in [-0.15, -0.1) is 0 Å². The monoisotopic (exact) mass is 374 g/mol. The fourth-order valence-electron chi connectivity index (χ4n) is 4.73. The van der Waals surface area contributed by atoms with Crippen LogP contribution >= 0.6 is 0 Å². The zero-order valence-corrected chi connectivity index (χ0v) is 16.2. The number of carbonyl (C=O) groups is 1. The van der Waals surface area contributed by atoms with E-state index >= 15 is 0 Å². The van der Waals surface area contributed by atoms with Crippen LogP contribution in [0.15, 0.2) is 109 Å². The molecule has 0 saturated carbocycles. The lowest BCUT2D eigenvalue weighted by Crippen LogP contribution is -2.43. The Kier molecular flexibility index (Phi) is 4.37. The van der Waals surface area contributed by atoms with Gasteiger partial charge >= 0.3 is 0 Å². The molecule has 0 unspecified atom stereocenters. The fourth-order valence-corrected chi connectivity index (χ4v) is 4.73. The van der Waals surface area contributed by atoms with E-state index in [0.29, 0.717) is 12.8 Å². The van der Waals surface area contributed by atoms with Gasteiger partial charge in [0.05, 0.1) is 5.41 Å². The predicted octanol–water partition coefficient (Wildman–Crippen LogP) is 6.27. The molecule has 29 heavy (non-hydrogen) atoms. The molecule has 0 aliphatic heterocycles. The zero-order valence-electron chi connectivity index (χ0n) is 16.2. The molecule has 1 aliphatic carbocycles. The summed E-state index contributed by atoms with van der Waals surface area (Å²) in [6, 6.07) is 37.3. The molecule has 4 aromatic rings. The average Bonchev–Trinajstić information content (AvgIpc) is 2.79. The molecular weight excluding hydrogens is 352 g/mol. The Labute approximate surface area is 171 Å². The van der Waals surface area contributed by atoms with Gasteiger partial charge in [-0.05, 0) is 40.7 Å². The molecular formula is C28H22O. The van der Waals surface area contributed by atoms with Crippen LogP contribution < -0.4 is 0 Å². The number of Topliss-reactive ketones (excluding diaryl/α,β-unsaturated/α-hetero) is 1. The van der Waals surface area contributed by atoms with E-state index in [2.05, 4.69) is 78.9 Å². The number of hydrogen-bond donors (Lipinski definition) is 0. The third-order valence-corrected chi connectivity index (χ3v) is 6.04. The Morgan fingerprint density at radius 3 is 1.52 bits per heavy atom. The van der Waals surface area contributed by atoms with Gasteiger partial charge in [-0.2, -0.15) is 0 Å². The van der Waals surface area contributed by atoms with Crippen molar-refractivity contribution in [2.24, 2.45) is 0 Å². The van der Waals surface area contributed by atoms with Crippen molar-refractivity contribution in [3.8, 4) is 11.1 Å². The molecule has 1 heteroatoms. The predicted molar refractivity (Wildman–Crippen MR) is 118 cm³/mol. The smallest absolute Gasteiger partial charge is 0.174 e. The summed E-state index contributed by atoms with van der Waals surface area (Å²) >= 11 is 0. The largest absolute Gasteiger partial charge is 0.293 e. The van der Waals surface area contributed by atoms with E-state index in [4.69, 9.17) is 0 Å². The summed E-state index contributed by atoms with van der Waals surface area (Å²) in [6.07, 6.45) is 1.37. The zero-order chi connectivity index (χ0) is 19.7. The summed E-state index contributed by atoms with van der Waals surface area (Å²) in [6.45, 7) is 0. The number of ketones is 1. The Bertz CT molecular complexity index is 1120. The highest BCUT2D eigenvalue weighted by atomic mass is 16.1. The first-order valence-corrected chi connectivity index (χ1v) is 10.1. The summed E-state index contributed by atoms with van der Waals surface area (Å²) in [5.41, 5.74) is 5.94. The van der Waals surface area contributed by atoms with Crippen LogP contribution in [0.25, 0.3) is 11.1 Å². The van der Waals surface area contributed by atoms with Gasteiger partial charge in [-0.1, -0.05) is 109 Å². The lowest BCUT2D eigenvalue weighted by atomic mass is 9.61. The van der Waals surface area contributed by atoms with Crippen molar-refractivity contribution in [2.45, 2.75) is 18.3 Å². The highest BCUT2D eigenvalue weighted by Gasteiger charge is 2.46. The second-order valence-electron chi connectivity index (χ2n) is 7.83. The second-order valence-corrected chi connectivity index (χ2v) is 7.83. The van der Waals surface area contributed by atoms with Gasteiger partial charge < -0.3 is 0 Å². The Balaban J connectivity index is 1.76. The highest BCUT2D eigenvalue weighted by Crippen LogP contribution is 2.46. The van der Waals surface area contributed by atoms with Gasteiger partial charge in [0, 0.05) is 5.56 Å². The van der Waals surface area contributed by atoms with E-state index in [1.165, 1.54) is 16.7 Å². The Morgan fingerprint density at radius 1 is 0.483 bits per heavy atom. The van der Waals surface area contributed by atoms with Crippen molar-refractivity contribution in [2.75, 3.05) is 0 Å². The van der Waals surface area contributed by atoms with Crippen LogP contribution in [0.1, 0.15) is 27.0 Å². The number of hydrogen-bond acceptors (Lipinski definition) is 1. The van der Waals surface area contributed by atoms with E-state index in [1.54, 1.807) is 0 Å². The maximum absolute atomic E-state index is 14.1. The highest BCUT2D eigenvalue weighted by molar-refractivity contribution is 6.13. The van der Waals surface area contributed by atoms with Gasteiger partial charge in [-0.25, -0.2) is 0 Å². The number of benzene rings is 4. The Morgan fingerprint density at radius 2 is 0.931 bits per heavy atom. The van der Waals surface area contributed by atoms with Crippen molar-refractivity contribution in [1.82, 2.24) is 0 Å². The second kappa shape index (κ2) is 7.18. The van der Waals surface area contributed by atoms with Gasteiger partial charge in [0.15, 0.2) is 5.78 Å². The molecule has 1 aliphatic rings. The molecule has 0 aromatic heterocycles. The van der Waals surface area contributed by atoms with Crippen LogP contribution in [-0.2, 0) is 18.3 Å². The van der Waals surface area contributed by atoms with E-state index < -0.39 is 5.41 Å². The van der Waals surface area contributed by atoms with Crippen molar-refractivity contribution in [1.29, 1.82) is 0 Å². The van der Waals surface area contributed by atoms with Gasteiger partial charge in [0.2, 0.25) is 0 Å². The SMILES string of the molecule is O=C1c2ccccc2-c2ccccc2C1(Cc1ccccc1)Cc1ccccc1. The van der Waals surface area contributed by atoms with E-state index in [1.807, 2.05) is 30.3 Å². The molecule has 0 N–H and O–H groups in total. The number of rotatable bonds is 4. The first-order chi connectivity index (χ1) is 14.3. The molecule has 0 saturated heterocycles. The molecule has 5 rings (SSSR count). The molecule has 4 aromatic carbocycles.